The van der Waals surface area contributed by atoms with Crippen LogP contribution in [0.4, 0.5) is 0 Å². The minimum Gasteiger partial charge on any atom is -0.494 e. The van der Waals surface area contributed by atoms with Crippen LogP contribution in [0.2, 0.25) is 5.28 Å². The number of ether oxygens (including phenoxy) is 1. The van der Waals surface area contributed by atoms with Crippen LogP contribution in [0.15, 0.2) is 48.8 Å². The zero-order valence-electron chi connectivity index (χ0n) is 26.6. The van der Waals surface area contributed by atoms with Gasteiger partial charge in [-0.15, -0.1) is 0 Å². The molecule has 13 heteroatoms. The number of methoxy groups -OCH3 is 1. The molecule has 2 saturated heterocycles. The number of likely N-dealkylation sites (tertiary alicyclic amines) is 2. The third-order valence-electron chi connectivity index (χ3n) is 10.7. The van der Waals surface area contributed by atoms with Crippen molar-refractivity contribution in [2.45, 2.75) is 50.9 Å². The van der Waals surface area contributed by atoms with Gasteiger partial charge in [-0.2, -0.15) is 0 Å². The summed E-state index contributed by atoms with van der Waals surface area (Å²) in [5.74, 6) is 2.32. The van der Waals surface area contributed by atoms with Crippen LogP contribution in [0.1, 0.15) is 46.5 Å². The summed E-state index contributed by atoms with van der Waals surface area (Å²) in [6, 6.07) is 11.7. The predicted molar refractivity (Wildman–Crippen MR) is 180 cm³/mol. The van der Waals surface area contributed by atoms with Gasteiger partial charge < -0.3 is 29.4 Å². The molecular formula is C35H36ClN9O3. The molecule has 2 N–H and O–H groups in total. The molecule has 2 saturated carbocycles. The lowest BCUT2D eigenvalue weighted by molar-refractivity contribution is 0.0465. The van der Waals surface area contributed by atoms with Crippen molar-refractivity contribution in [3.63, 3.8) is 0 Å². The molecule has 2 bridgehead atoms. The third kappa shape index (κ3) is 4.83. The first-order valence-corrected chi connectivity index (χ1v) is 17.1. The van der Waals surface area contributed by atoms with E-state index in [1.165, 1.54) is 19.0 Å². The van der Waals surface area contributed by atoms with E-state index in [9.17, 15) is 9.59 Å². The summed E-state index contributed by atoms with van der Waals surface area (Å²) in [6.07, 6.45) is 7.75. The number of fused-ring (bicyclic) bond motifs is 4. The summed E-state index contributed by atoms with van der Waals surface area (Å²) < 4.78 is 10.5. The van der Waals surface area contributed by atoms with E-state index in [2.05, 4.69) is 31.2 Å². The van der Waals surface area contributed by atoms with Crippen LogP contribution < -0.4 is 10.5 Å². The number of nitrogens with zero attached hydrogens (tertiary/aromatic N) is 8. The Morgan fingerprint density at radius 3 is 2.50 bits per heavy atom. The molecule has 4 aliphatic rings. The molecule has 2 aliphatic heterocycles. The maximum atomic E-state index is 13.9. The fraction of sp³-hybridized carbons (Fsp3) is 0.429. The number of rotatable bonds is 8. The number of halogens is 1. The Bertz CT molecular complexity index is 2100. The maximum absolute atomic E-state index is 13.9. The monoisotopic (exact) mass is 665 g/mol. The molecule has 2 amide bonds. The second kappa shape index (κ2) is 11.3. The first kappa shape index (κ1) is 29.6. The molecule has 4 aromatic heterocycles. The molecule has 9 rings (SSSR count). The molecule has 246 valence electrons. The van der Waals surface area contributed by atoms with E-state index < -0.39 is 0 Å². The van der Waals surface area contributed by atoms with Crippen molar-refractivity contribution in [3.8, 4) is 17.3 Å². The Balaban J connectivity index is 1.12. The van der Waals surface area contributed by atoms with Gasteiger partial charge in [-0.3, -0.25) is 9.59 Å². The van der Waals surface area contributed by atoms with E-state index in [1.54, 1.807) is 18.1 Å². The lowest BCUT2D eigenvalue weighted by atomic mass is 9.99. The molecule has 4 fully saturated rings. The minimum atomic E-state index is -0.169. The average Bonchev–Trinajstić information content (AvgIpc) is 3.43. The van der Waals surface area contributed by atoms with Gasteiger partial charge in [-0.05, 0) is 85.5 Å². The van der Waals surface area contributed by atoms with Crippen LogP contribution in [0.5, 0.6) is 5.75 Å². The largest absolute Gasteiger partial charge is 0.494 e. The number of carbonyl (C=O) groups excluding carboxylic acids is 2. The second-order valence-corrected chi connectivity index (χ2v) is 14.2. The Hall–Kier alpha value is -4.55. The maximum Gasteiger partial charge on any atom is 0.272 e. The fourth-order valence-corrected chi connectivity index (χ4v) is 8.22. The molecule has 12 nitrogen and oxygen atoms in total. The molecule has 6 heterocycles. The molecule has 3 atom stereocenters. The van der Waals surface area contributed by atoms with Gasteiger partial charge in [0.05, 0.1) is 18.3 Å². The highest BCUT2D eigenvalue weighted by molar-refractivity contribution is 6.28. The topological polar surface area (TPSA) is 137 Å². The van der Waals surface area contributed by atoms with E-state index in [0.717, 1.165) is 47.5 Å². The highest BCUT2D eigenvalue weighted by Crippen LogP contribution is 2.41. The Morgan fingerprint density at radius 2 is 1.77 bits per heavy atom. The molecule has 1 aromatic carbocycles. The van der Waals surface area contributed by atoms with Gasteiger partial charge in [0.2, 0.25) is 5.28 Å². The molecule has 2 aliphatic carbocycles. The van der Waals surface area contributed by atoms with Gasteiger partial charge in [-0.25, -0.2) is 19.9 Å². The number of nitrogens with two attached hydrogens (primary N) is 1. The number of aromatic nitrogens is 6. The van der Waals surface area contributed by atoms with E-state index in [0.29, 0.717) is 54.8 Å². The highest BCUT2D eigenvalue weighted by Gasteiger charge is 2.47. The summed E-state index contributed by atoms with van der Waals surface area (Å²) in [6.45, 7) is 3.28. The Kier molecular flexibility index (Phi) is 6.94. The van der Waals surface area contributed by atoms with Crippen molar-refractivity contribution in [3.05, 3.63) is 65.3 Å². The third-order valence-corrected chi connectivity index (χ3v) is 10.9. The minimum absolute atomic E-state index is 0.0287. The zero-order chi connectivity index (χ0) is 32.7. The second-order valence-electron chi connectivity index (χ2n) is 13.8. The average molecular weight is 666 g/mol. The first-order valence-electron chi connectivity index (χ1n) is 16.7. The fourth-order valence-electron chi connectivity index (χ4n) is 8.07. The van der Waals surface area contributed by atoms with Gasteiger partial charge in [0, 0.05) is 74.1 Å². The molecule has 48 heavy (non-hydrogen) atoms. The predicted octanol–water partition coefficient (Wildman–Crippen LogP) is 4.25. The van der Waals surface area contributed by atoms with Crippen molar-refractivity contribution in [1.29, 1.82) is 0 Å². The quantitative estimate of drug-likeness (QED) is 0.243. The number of hydrogen-bond acceptors (Lipinski definition) is 8. The van der Waals surface area contributed by atoms with Crippen LogP contribution in [-0.2, 0) is 13.1 Å². The van der Waals surface area contributed by atoms with E-state index in [4.69, 9.17) is 32.0 Å². The number of benzene rings is 1. The molecule has 0 spiro atoms. The first-order chi connectivity index (χ1) is 23.4. The number of amides is 2. The Morgan fingerprint density at radius 1 is 0.938 bits per heavy atom. The number of carbonyl (C=O) groups is 2. The zero-order valence-corrected chi connectivity index (χ0v) is 27.4. The van der Waals surface area contributed by atoms with Crippen LogP contribution in [0.25, 0.3) is 33.6 Å². The summed E-state index contributed by atoms with van der Waals surface area (Å²) >= 11 is 5.95. The van der Waals surface area contributed by atoms with E-state index in [1.807, 2.05) is 29.3 Å². The number of pyridine rings is 1. The van der Waals surface area contributed by atoms with Crippen LogP contribution in [0, 0.1) is 17.8 Å². The van der Waals surface area contributed by atoms with Crippen LogP contribution >= 0.6 is 11.6 Å². The smallest absolute Gasteiger partial charge is 0.272 e. The van der Waals surface area contributed by atoms with Gasteiger partial charge in [0.15, 0.2) is 5.82 Å². The Labute approximate surface area is 281 Å². The van der Waals surface area contributed by atoms with E-state index >= 15 is 0 Å². The van der Waals surface area contributed by atoms with Crippen LogP contribution in [-0.4, -0.2) is 89.5 Å². The summed E-state index contributed by atoms with van der Waals surface area (Å²) in [5.41, 5.74) is 10.7. The van der Waals surface area contributed by atoms with Crippen molar-refractivity contribution in [2.24, 2.45) is 23.5 Å². The summed E-state index contributed by atoms with van der Waals surface area (Å²) in [4.78, 5) is 48.8. The molecule has 0 unspecified atom stereocenters. The SMILES string of the molecule is COc1cc(C(=O)N2C[C@H]3CC[C@@H]2[C@@H]3N)cc2nc(-c3cc4cccnc4n3CC3CC3)n(CC3CN(C(=O)c4ccnc(Cl)n4)C3)c12. The van der Waals surface area contributed by atoms with Crippen molar-refractivity contribution >= 4 is 45.5 Å². The normalized spacial score (nSPS) is 22.2. The van der Waals surface area contributed by atoms with Gasteiger partial charge in [0.1, 0.15) is 22.6 Å². The van der Waals surface area contributed by atoms with Gasteiger partial charge in [0.25, 0.3) is 11.8 Å². The van der Waals surface area contributed by atoms with Crippen molar-refractivity contribution in [1.82, 2.24) is 38.9 Å². The summed E-state index contributed by atoms with van der Waals surface area (Å²) in [5, 5.41) is 1.10. The molecule has 5 aromatic rings. The number of hydrogen-bond donors (Lipinski definition) is 1. The standard InChI is InChI=1S/C35H36ClN9O3/c1-48-28-13-23(33(46)44-18-22-6-7-26(44)29(22)37)11-25-30(28)45(17-20-14-42(15-20)34(47)24-8-10-39-35(36)41-24)32(40-25)27-12-21-3-2-9-38-31(21)43(27)16-19-4-5-19/h2-3,8-13,19-20,22,26,29H,4-7,14-18,37H2,1H3/t22-,26-,29-/m1/s1. The van der Waals surface area contributed by atoms with Crippen LogP contribution in [0.3, 0.4) is 0 Å². The summed E-state index contributed by atoms with van der Waals surface area (Å²) in [7, 11) is 1.64. The van der Waals surface area contributed by atoms with E-state index in [-0.39, 0.29) is 40.8 Å². The number of imidazole rings is 1. The lowest BCUT2D eigenvalue weighted by Crippen LogP contribution is -2.51. The number of piperidine rings is 1. The van der Waals surface area contributed by atoms with Gasteiger partial charge >= 0.3 is 0 Å². The van der Waals surface area contributed by atoms with Gasteiger partial charge in [-0.1, -0.05) is 0 Å². The van der Waals surface area contributed by atoms with Crippen molar-refractivity contribution in [2.75, 3.05) is 26.7 Å². The lowest BCUT2D eigenvalue weighted by Gasteiger charge is -2.39. The molecular weight excluding hydrogens is 630 g/mol. The highest BCUT2D eigenvalue weighted by atomic mass is 35.5. The van der Waals surface area contributed by atoms with Crippen molar-refractivity contribution < 1.29 is 14.3 Å². The molecule has 0 radical (unpaired) electrons.